The Morgan fingerprint density at radius 1 is 0.882 bits per heavy atom. The zero-order chi connectivity index (χ0) is 12.7. The molecule has 1 heterocycles. The fraction of sp³-hybridized carbons (Fsp3) is 1.00. The second-order valence-electron chi connectivity index (χ2n) is 4.93. The van der Waals surface area contributed by atoms with Gasteiger partial charge in [0.2, 0.25) is 0 Å². The van der Waals surface area contributed by atoms with Crippen molar-refractivity contribution in [3.8, 4) is 0 Å². The van der Waals surface area contributed by atoms with E-state index in [1.165, 1.54) is 25.7 Å². The van der Waals surface area contributed by atoms with E-state index in [2.05, 4.69) is 6.92 Å². The topological polar surface area (TPSA) is 69.9 Å². The molecule has 0 radical (unpaired) electrons. The van der Waals surface area contributed by atoms with Gasteiger partial charge >= 0.3 is 0 Å². The van der Waals surface area contributed by atoms with Gasteiger partial charge in [0.1, 0.15) is 18.3 Å². The first-order valence-corrected chi connectivity index (χ1v) is 6.83. The van der Waals surface area contributed by atoms with Crippen LogP contribution in [0.1, 0.15) is 51.9 Å². The second-order valence-corrected chi connectivity index (χ2v) is 4.93. The fourth-order valence-electron chi connectivity index (χ4n) is 2.34. The van der Waals surface area contributed by atoms with Gasteiger partial charge in [-0.1, -0.05) is 45.4 Å². The molecule has 0 aliphatic carbocycles. The predicted octanol–water partition coefficient (Wildman–Crippen LogP) is 1.22. The highest BCUT2D eigenvalue weighted by molar-refractivity contribution is 4.89. The maximum Gasteiger partial charge on any atom is 0.111 e. The molecule has 1 aliphatic rings. The minimum atomic E-state index is -0.940. The van der Waals surface area contributed by atoms with E-state index in [9.17, 15) is 10.2 Å². The van der Waals surface area contributed by atoms with Crippen molar-refractivity contribution in [2.75, 3.05) is 6.61 Å². The molecule has 0 aromatic carbocycles. The normalized spacial score (nSPS) is 33.2. The lowest BCUT2D eigenvalue weighted by Gasteiger charge is -2.14. The number of hydrogen-bond acceptors (Lipinski definition) is 4. The molecule has 0 amide bonds. The quantitative estimate of drug-likeness (QED) is 0.563. The number of ether oxygens (including phenoxy) is 1. The summed E-state index contributed by atoms with van der Waals surface area (Å²) in [5.41, 5.74) is 0. The number of hydrogen-bond donors (Lipinski definition) is 3. The van der Waals surface area contributed by atoms with Crippen LogP contribution in [0.4, 0.5) is 0 Å². The van der Waals surface area contributed by atoms with Gasteiger partial charge in [-0.25, -0.2) is 0 Å². The van der Waals surface area contributed by atoms with Crippen LogP contribution in [0, 0.1) is 0 Å². The van der Waals surface area contributed by atoms with Crippen LogP contribution in [0.2, 0.25) is 0 Å². The van der Waals surface area contributed by atoms with E-state index >= 15 is 0 Å². The average Bonchev–Trinajstić information content (AvgIpc) is 2.61. The third-order valence-electron chi connectivity index (χ3n) is 3.48. The highest BCUT2D eigenvalue weighted by Crippen LogP contribution is 2.25. The Labute approximate surface area is 104 Å². The summed E-state index contributed by atoms with van der Waals surface area (Å²) >= 11 is 0. The van der Waals surface area contributed by atoms with Crippen molar-refractivity contribution in [1.29, 1.82) is 0 Å². The van der Waals surface area contributed by atoms with Gasteiger partial charge in [0.05, 0.1) is 12.7 Å². The summed E-state index contributed by atoms with van der Waals surface area (Å²) in [5.74, 6) is 0. The molecule has 0 aromatic heterocycles. The molecule has 3 N–H and O–H groups in total. The number of aliphatic hydroxyl groups is 3. The van der Waals surface area contributed by atoms with E-state index in [0.717, 1.165) is 19.3 Å². The largest absolute Gasteiger partial charge is 0.394 e. The summed E-state index contributed by atoms with van der Waals surface area (Å²) in [4.78, 5) is 0. The molecular weight excluding hydrogens is 220 g/mol. The van der Waals surface area contributed by atoms with Gasteiger partial charge in [0.15, 0.2) is 0 Å². The zero-order valence-electron chi connectivity index (χ0n) is 10.7. The van der Waals surface area contributed by atoms with Gasteiger partial charge in [-0.15, -0.1) is 0 Å². The molecule has 4 atom stereocenters. The first-order valence-electron chi connectivity index (χ1n) is 6.83. The van der Waals surface area contributed by atoms with E-state index in [1.54, 1.807) is 0 Å². The van der Waals surface area contributed by atoms with E-state index in [-0.39, 0.29) is 12.7 Å². The molecule has 1 aliphatic heterocycles. The smallest absolute Gasteiger partial charge is 0.111 e. The summed E-state index contributed by atoms with van der Waals surface area (Å²) in [7, 11) is 0. The third-order valence-corrected chi connectivity index (χ3v) is 3.48. The van der Waals surface area contributed by atoms with Crippen LogP contribution in [0.3, 0.4) is 0 Å². The van der Waals surface area contributed by atoms with Crippen molar-refractivity contribution in [1.82, 2.24) is 0 Å². The Kier molecular flexibility index (Phi) is 7.04. The molecule has 0 spiro atoms. The third kappa shape index (κ3) is 4.54. The predicted molar refractivity (Wildman–Crippen MR) is 65.8 cm³/mol. The lowest BCUT2D eigenvalue weighted by molar-refractivity contribution is -0.0246. The van der Waals surface area contributed by atoms with Crippen LogP contribution in [0.5, 0.6) is 0 Å². The van der Waals surface area contributed by atoms with Crippen LogP contribution in [0.15, 0.2) is 0 Å². The molecule has 1 saturated heterocycles. The Bertz CT molecular complexity index is 198. The van der Waals surface area contributed by atoms with Crippen molar-refractivity contribution in [3.05, 3.63) is 0 Å². The van der Waals surface area contributed by atoms with E-state index in [1.807, 2.05) is 0 Å². The van der Waals surface area contributed by atoms with Gasteiger partial charge in [-0.3, -0.25) is 0 Å². The van der Waals surface area contributed by atoms with E-state index in [4.69, 9.17) is 9.84 Å². The Hall–Kier alpha value is -0.160. The number of unbranched alkanes of at least 4 members (excludes halogenated alkanes) is 5. The maximum atomic E-state index is 9.71. The molecule has 0 bridgehead atoms. The minimum Gasteiger partial charge on any atom is -0.394 e. The van der Waals surface area contributed by atoms with Crippen molar-refractivity contribution >= 4 is 0 Å². The highest BCUT2D eigenvalue weighted by atomic mass is 16.6. The van der Waals surface area contributed by atoms with Gasteiger partial charge < -0.3 is 20.1 Å². The molecule has 1 unspecified atom stereocenters. The first kappa shape index (κ1) is 14.9. The van der Waals surface area contributed by atoms with Crippen molar-refractivity contribution in [2.45, 2.75) is 76.3 Å². The molecule has 1 fully saturated rings. The van der Waals surface area contributed by atoms with Crippen LogP contribution in [0.25, 0.3) is 0 Å². The highest BCUT2D eigenvalue weighted by Gasteiger charge is 2.41. The molecule has 4 nitrogen and oxygen atoms in total. The maximum absolute atomic E-state index is 9.71. The summed E-state index contributed by atoms with van der Waals surface area (Å²) in [6.07, 6.45) is 5.23. The monoisotopic (exact) mass is 246 g/mol. The molecule has 1 rings (SSSR count). The average molecular weight is 246 g/mol. The molecular formula is C13H26O4. The van der Waals surface area contributed by atoms with Crippen molar-refractivity contribution in [2.24, 2.45) is 0 Å². The van der Waals surface area contributed by atoms with E-state index < -0.39 is 18.3 Å². The SMILES string of the molecule is CCCCCCCCC1O[C@H](CO)[C@@H](O)[C@@H]1O. The summed E-state index contributed by atoms with van der Waals surface area (Å²) in [6.45, 7) is 1.96. The lowest BCUT2D eigenvalue weighted by atomic mass is 10.0. The molecule has 17 heavy (non-hydrogen) atoms. The van der Waals surface area contributed by atoms with Crippen molar-refractivity contribution in [3.63, 3.8) is 0 Å². The van der Waals surface area contributed by atoms with Gasteiger partial charge in [0, 0.05) is 0 Å². The van der Waals surface area contributed by atoms with Crippen LogP contribution in [-0.4, -0.2) is 46.3 Å². The first-order chi connectivity index (χ1) is 8.20. The summed E-state index contributed by atoms with van der Waals surface area (Å²) in [5, 5.41) is 28.2. The Morgan fingerprint density at radius 2 is 1.47 bits per heavy atom. The molecule has 4 heteroatoms. The zero-order valence-corrected chi connectivity index (χ0v) is 10.7. The summed E-state index contributed by atoms with van der Waals surface area (Å²) < 4.78 is 5.41. The van der Waals surface area contributed by atoms with Crippen LogP contribution >= 0.6 is 0 Å². The standard InChI is InChI=1S/C13H26O4/c1-2-3-4-5-6-7-8-10-12(15)13(16)11(9-14)17-10/h10-16H,2-9H2,1H3/t10?,11-,12-,13-/m1/s1. The van der Waals surface area contributed by atoms with E-state index in [0.29, 0.717) is 0 Å². The lowest BCUT2D eigenvalue weighted by Crippen LogP contribution is -2.33. The molecule has 0 aromatic rings. The van der Waals surface area contributed by atoms with Gasteiger partial charge in [-0.05, 0) is 6.42 Å². The Morgan fingerprint density at radius 3 is 2.06 bits per heavy atom. The Balaban J connectivity index is 2.11. The van der Waals surface area contributed by atoms with Gasteiger partial charge in [0.25, 0.3) is 0 Å². The van der Waals surface area contributed by atoms with Gasteiger partial charge in [-0.2, -0.15) is 0 Å². The van der Waals surface area contributed by atoms with Crippen molar-refractivity contribution < 1.29 is 20.1 Å². The fourth-order valence-corrected chi connectivity index (χ4v) is 2.34. The van der Waals surface area contributed by atoms with Crippen LogP contribution < -0.4 is 0 Å². The summed E-state index contributed by atoms with van der Waals surface area (Å²) in [6, 6.07) is 0. The second kappa shape index (κ2) is 8.03. The number of aliphatic hydroxyl groups excluding tert-OH is 3. The number of rotatable bonds is 8. The molecule has 102 valence electrons. The minimum absolute atomic E-state index is 0.231. The van der Waals surface area contributed by atoms with Crippen LogP contribution in [-0.2, 0) is 4.74 Å². The molecule has 0 saturated carbocycles.